The molecule has 6 nitrogen and oxygen atoms in total. The Hall–Kier alpha value is -1.54. The van der Waals surface area contributed by atoms with Gasteiger partial charge in [-0.15, -0.1) is 0 Å². The molecule has 0 spiro atoms. The molecule has 108 valence electrons. The molecule has 8 heteroatoms. The summed E-state index contributed by atoms with van der Waals surface area (Å²) in [6.45, 7) is 0. The fourth-order valence-electron chi connectivity index (χ4n) is 1.97. The number of hydrogen-bond donors (Lipinski definition) is 0. The summed E-state index contributed by atoms with van der Waals surface area (Å²) in [4.78, 5) is 12.4. The Labute approximate surface area is 124 Å². The third-order valence-corrected chi connectivity index (χ3v) is 4.25. The van der Waals surface area contributed by atoms with Gasteiger partial charge in [-0.2, -0.15) is 4.09 Å². The molecule has 0 radical (unpaired) electrons. The maximum Gasteiger partial charge on any atom is 0.315 e. The average Bonchev–Trinajstić information content (AvgIpc) is 2.71. The molecule has 0 fully saturated rings. The van der Waals surface area contributed by atoms with E-state index in [1.165, 1.54) is 7.11 Å². The molecule has 1 heterocycles. The predicted octanol–water partition coefficient (Wildman–Crippen LogP) is 1.35. The minimum Gasteiger partial charge on any atom is -0.490 e. The summed E-state index contributed by atoms with van der Waals surface area (Å²) in [7, 11) is -2.33. The second-order valence-electron chi connectivity index (χ2n) is 4.07. The number of nitrogens with zero attached hydrogens (tertiary/aromatic N) is 2. The van der Waals surface area contributed by atoms with Crippen molar-refractivity contribution in [2.75, 3.05) is 13.4 Å². The summed E-state index contributed by atoms with van der Waals surface area (Å²) in [5.41, 5.74) is 0.191. The van der Waals surface area contributed by atoms with Gasteiger partial charge in [0.25, 0.3) is 0 Å². The van der Waals surface area contributed by atoms with E-state index < -0.39 is 15.6 Å². The van der Waals surface area contributed by atoms with Crippen LogP contribution in [0.1, 0.15) is 5.69 Å². The first-order valence-electron chi connectivity index (χ1n) is 5.64. The van der Waals surface area contributed by atoms with E-state index in [0.29, 0.717) is 5.69 Å². The molecule has 0 aliphatic heterocycles. The van der Waals surface area contributed by atoms with Crippen molar-refractivity contribution in [2.24, 2.45) is 0 Å². The van der Waals surface area contributed by atoms with Crippen LogP contribution >= 0.6 is 15.9 Å². The van der Waals surface area contributed by atoms with Gasteiger partial charge in [0, 0.05) is 0 Å². The SMILES string of the molecule is COc1c(CBr)n(S(C)(=O)=O)n(-c2ccccc2)c1=O. The van der Waals surface area contributed by atoms with Crippen LogP contribution in [-0.2, 0) is 15.4 Å². The van der Waals surface area contributed by atoms with Crippen LogP contribution < -0.4 is 10.3 Å². The first kappa shape index (κ1) is 14.9. The number of rotatable bonds is 4. The lowest BCUT2D eigenvalue weighted by atomic mass is 10.3. The fraction of sp³-hybridized carbons (Fsp3) is 0.250. The number of ether oxygens (including phenoxy) is 1. The minimum absolute atomic E-state index is 0.0103. The van der Waals surface area contributed by atoms with Crippen LogP contribution in [-0.4, -0.2) is 30.6 Å². The average molecular weight is 361 g/mol. The third kappa shape index (κ3) is 2.40. The normalized spacial score (nSPS) is 11.6. The van der Waals surface area contributed by atoms with Crippen LogP contribution in [0.25, 0.3) is 5.69 Å². The molecule has 0 unspecified atom stereocenters. The molecule has 0 amide bonds. The second-order valence-corrected chi connectivity index (χ2v) is 6.44. The topological polar surface area (TPSA) is 70.3 Å². The van der Waals surface area contributed by atoms with Crippen LogP contribution in [0, 0.1) is 0 Å². The minimum atomic E-state index is -3.67. The molecular weight excluding hydrogens is 348 g/mol. The van der Waals surface area contributed by atoms with E-state index in [4.69, 9.17) is 4.74 Å². The standard InChI is InChI=1S/C12H13BrN2O4S/c1-19-11-10(8-13)15(20(2,17)18)14(12(11)16)9-6-4-3-5-7-9/h3-7H,8H2,1-2H3. The van der Waals surface area contributed by atoms with Crippen molar-refractivity contribution >= 4 is 26.0 Å². The van der Waals surface area contributed by atoms with Crippen molar-refractivity contribution < 1.29 is 13.2 Å². The Morgan fingerprint density at radius 3 is 2.30 bits per heavy atom. The van der Waals surface area contributed by atoms with E-state index in [1.54, 1.807) is 30.3 Å². The van der Waals surface area contributed by atoms with Gasteiger partial charge in [0.15, 0.2) is 0 Å². The maximum absolute atomic E-state index is 12.4. The lowest BCUT2D eigenvalue weighted by Crippen LogP contribution is -2.26. The summed E-state index contributed by atoms with van der Waals surface area (Å²) in [5, 5.41) is 0.179. The zero-order valence-electron chi connectivity index (χ0n) is 10.9. The first-order chi connectivity index (χ1) is 9.41. The Bertz CT molecular complexity index is 778. The van der Waals surface area contributed by atoms with Gasteiger partial charge in [-0.1, -0.05) is 34.1 Å². The zero-order valence-corrected chi connectivity index (χ0v) is 13.3. The molecule has 0 bridgehead atoms. The molecule has 0 atom stereocenters. The maximum atomic E-state index is 12.4. The lowest BCUT2D eigenvalue weighted by Gasteiger charge is -2.11. The second kappa shape index (κ2) is 5.45. The van der Waals surface area contributed by atoms with Crippen molar-refractivity contribution in [3.63, 3.8) is 0 Å². The van der Waals surface area contributed by atoms with Crippen molar-refractivity contribution in [3.05, 3.63) is 46.4 Å². The molecule has 1 aromatic heterocycles. The Balaban J connectivity index is 2.94. The highest BCUT2D eigenvalue weighted by atomic mass is 79.9. The van der Waals surface area contributed by atoms with Gasteiger partial charge in [-0.05, 0) is 12.1 Å². The molecule has 0 saturated heterocycles. The molecule has 0 N–H and O–H groups in total. The van der Waals surface area contributed by atoms with Crippen molar-refractivity contribution in [2.45, 2.75) is 5.33 Å². The molecular formula is C12H13BrN2O4S. The van der Waals surface area contributed by atoms with Gasteiger partial charge in [0.1, 0.15) is 5.69 Å². The van der Waals surface area contributed by atoms with Gasteiger partial charge < -0.3 is 4.74 Å². The molecule has 1 aromatic carbocycles. The number of halogens is 1. The first-order valence-corrected chi connectivity index (χ1v) is 8.61. The van der Waals surface area contributed by atoms with E-state index in [2.05, 4.69) is 15.9 Å². The van der Waals surface area contributed by atoms with Crippen LogP contribution in [0.2, 0.25) is 0 Å². The van der Waals surface area contributed by atoms with Gasteiger partial charge >= 0.3 is 5.56 Å². The number of alkyl halides is 1. The summed E-state index contributed by atoms with van der Waals surface area (Å²) in [6, 6.07) is 8.54. The number of aromatic nitrogens is 2. The zero-order chi connectivity index (χ0) is 14.9. The summed E-state index contributed by atoms with van der Waals surface area (Å²) in [6.07, 6.45) is 1.04. The van der Waals surface area contributed by atoms with Crippen molar-refractivity contribution in [1.29, 1.82) is 0 Å². The number of para-hydroxylation sites is 1. The molecule has 0 saturated carbocycles. The number of hydrogen-bond acceptors (Lipinski definition) is 4. The summed E-state index contributed by atoms with van der Waals surface area (Å²) < 4.78 is 31.1. The molecule has 2 aromatic rings. The van der Waals surface area contributed by atoms with Crippen LogP contribution in [0.15, 0.2) is 35.1 Å². The summed E-state index contributed by atoms with van der Waals surface area (Å²) >= 11 is 3.20. The van der Waals surface area contributed by atoms with Crippen LogP contribution in [0.3, 0.4) is 0 Å². The quantitative estimate of drug-likeness (QED) is 0.771. The van der Waals surface area contributed by atoms with E-state index >= 15 is 0 Å². The van der Waals surface area contributed by atoms with Crippen molar-refractivity contribution in [1.82, 2.24) is 8.77 Å². The molecule has 20 heavy (non-hydrogen) atoms. The number of benzene rings is 1. The summed E-state index contributed by atoms with van der Waals surface area (Å²) in [5.74, 6) is 0.0103. The molecule has 0 aliphatic carbocycles. The molecule has 2 rings (SSSR count). The monoisotopic (exact) mass is 360 g/mol. The highest BCUT2D eigenvalue weighted by Crippen LogP contribution is 2.21. The van der Waals surface area contributed by atoms with Gasteiger partial charge in [0.2, 0.25) is 15.8 Å². The predicted molar refractivity (Wildman–Crippen MR) is 79.5 cm³/mol. The smallest absolute Gasteiger partial charge is 0.315 e. The van der Waals surface area contributed by atoms with E-state index in [0.717, 1.165) is 15.0 Å². The van der Waals surface area contributed by atoms with Gasteiger partial charge in [-0.25, -0.2) is 13.1 Å². The van der Waals surface area contributed by atoms with Crippen LogP contribution in [0.5, 0.6) is 5.75 Å². The van der Waals surface area contributed by atoms with Gasteiger partial charge in [-0.3, -0.25) is 4.79 Å². The third-order valence-electron chi connectivity index (χ3n) is 2.71. The highest BCUT2D eigenvalue weighted by Gasteiger charge is 2.26. The van der Waals surface area contributed by atoms with Gasteiger partial charge in [0.05, 0.1) is 24.4 Å². The Kier molecular flexibility index (Phi) is 4.05. The van der Waals surface area contributed by atoms with Crippen molar-refractivity contribution in [3.8, 4) is 11.4 Å². The van der Waals surface area contributed by atoms with E-state index in [-0.39, 0.29) is 16.8 Å². The van der Waals surface area contributed by atoms with E-state index in [1.807, 2.05) is 0 Å². The lowest BCUT2D eigenvalue weighted by molar-refractivity contribution is 0.407. The Morgan fingerprint density at radius 1 is 1.25 bits per heavy atom. The molecule has 0 aliphatic rings. The Morgan fingerprint density at radius 2 is 1.85 bits per heavy atom. The largest absolute Gasteiger partial charge is 0.490 e. The van der Waals surface area contributed by atoms with Crippen LogP contribution in [0.4, 0.5) is 0 Å². The highest BCUT2D eigenvalue weighted by molar-refractivity contribution is 9.08. The van der Waals surface area contributed by atoms with E-state index in [9.17, 15) is 13.2 Å². The number of methoxy groups -OCH3 is 1. The fourth-order valence-corrected chi connectivity index (χ4v) is 3.64.